The fourth-order valence-corrected chi connectivity index (χ4v) is 1.24. The van der Waals surface area contributed by atoms with E-state index in [1.165, 1.54) is 11.0 Å². The molecule has 1 aliphatic heterocycles. The number of hydrogen-bond donors (Lipinski definition) is 2. The standard InChI is InChI=1S/C7H11N3O2/c1-7(4-11)3-9-5-10(7)6(12)2-8/h9,11H,3-5H2,1H3. The Morgan fingerprint density at radius 3 is 3.08 bits per heavy atom. The highest BCUT2D eigenvalue weighted by Crippen LogP contribution is 2.17. The number of nitrogens with one attached hydrogen (secondary N) is 1. The first kappa shape index (κ1) is 8.97. The minimum Gasteiger partial charge on any atom is -0.394 e. The maximum Gasteiger partial charge on any atom is 0.326 e. The molecule has 0 bridgehead atoms. The van der Waals surface area contributed by atoms with Crippen LogP contribution >= 0.6 is 0 Å². The van der Waals surface area contributed by atoms with E-state index in [1.807, 2.05) is 0 Å². The van der Waals surface area contributed by atoms with Crippen molar-refractivity contribution in [3.05, 3.63) is 0 Å². The normalized spacial score (nSPS) is 28.6. The zero-order valence-corrected chi connectivity index (χ0v) is 6.87. The van der Waals surface area contributed by atoms with Gasteiger partial charge in [0.25, 0.3) is 0 Å². The number of aliphatic hydroxyl groups is 1. The molecule has 0 aromatic carbocycles. The average Bonchev–Trinajstić information content (AvgIpc) is 2.47. The Labute approximate surface area is 70.6 Å². The molecule has 12 heavy (non-hydrogen) atoms. The average molecular weight is 169 g/mol. The summed E-state index contributed by atoms with van der Waals surface area (Å²) in [6.07, 6.45) is 0. The Balaban J connectivity index is 2.78. The summed E-state index contributed by atoms with van der Waals surface area (Å²) >= 11 is 0. The Morgan fingerprint density at radius 2 is 2.58 bits per heavy atom. The predicted molar refractivity (Wildman–Crippen MR) is 40.8 cm³/mol. The molecule has 1 saturated heterocycles. The summed E-state index contributed by atoms with van der Waals surface area (Å²) in [4.78, 5) is 12.3. The van der Waals surface area contributed by atoms with E-state index in [4.69, 9.17) is 10.4 Å². The van der Waals surface area contributed by atoms with Gasteiger partial charge in [0.05, 0.1) is 18.8 Å². The van der Waals surface area contributed by atoms with Crippen molar-refractivity contribution in [3.8, 4) is 6.07 Å². The molecule has 66 valence electrons. The lowest BCUT2D eigenvalue weighted by molar-refractivity contribution is -0.129. The second-order valence-corrected chi connectivity index (χ2v) is 3.08. The van der Waals surface area contributed by atoms with Gasteiger partial charge in [0.2, 0.25) is 0 Å². The summed E-state index contributed by atoms with van der Waals surface area (Å²) in [6.45, 7) is 2.47. The quantitative estimate of drug-likeness (QED) is 0.476. The monoisotopic (exact) mass is 169 g/mol. The minimum atomic E-state index is -0.618. The molecule has 5 nitrogen and oxygen atoms in total. The summed E-state index contributed by atoms with van der Waals surface area (Å²) in [5, 5.41) is 20.3. The number of nitriles is 1. The molecule has 1 rings (SSSR count). The number of nitrogens with zero attached hydrogens (tertiary/aromatic N) is 2. The van der Waals surface area contributed by atoms with E-state index >= 15 is 0 Å². The van der Waals surface area contributed by atoms with E-state index in [9.17, 15) is 4.79 Å². The van der Waals surface area contributed by atoms with Gasteiger partial charge in [-0.05, 0) is 6.92 Å². The highest BCUT2D eigenvalue weighted by atomic mass is 16.3. The molecule has 1 heterocycles. The van der Waals surface area contributed by atoms with Crippen molar-refractivity contribution in [1.29, 1.82) is 5.26 Å². The number of rotatable bonds is 1. The van der Waals surface area contributed by atoms with E-state index in [0.717, 1.165) is 0 Å². The molecular weight excluding hydrogens is 158 g/mol. The summed E-state index contributed by atoms with van der Waals surface area (Å²) in [6, 6.07) is 1.53. The Bertz CT molecular complexity index is 235. The molecule has 1 amide bonds. The van der Waals surface area contributed by atoms with Gasteiger partial charge in [0, 0.05) is 6.54 Å². The van der Waals surface area contributed by atoms with Gasteiger partial charge >= 0.3 is 5.91 Å². The van der Waals surface area contributed by atoms with Gasteiger partial charge in [-0.2, -0.15) is 5.26 Å². The first-order valence-electron chi connectivity index (χ1n) is 3.67. The molecule has 1 fully saturated rings. The third-order valence-corrected chi connectivity index (χ3v) is 2.11. The van der Waals surface area contributed by atoms with Crippen molar-refractivity contribution in [2.75, 3.05) is 19.8 Å². The number of carbonyl (C=O) groups excluding carboxylic acids is 1. The van der Waals surface area contributed by atoms with Crippen LogP contribution in [0, 0.1) is 11.3 Å². The van der Waals surface area contributed by atoms with Crippen LogP contribution in [-0.2, 0) is 4.79 Å². The Morgan fingerprint density at radius 1 is 1.92 bits per heavy atom. The van der Waals surface area contributed by atoms with Gasteiger partial charge in [0.15, 0.2) is 6.07 Å². The van der Waals surface area contributed by atoms with Crippen LogP contribution in [-0.4, -0.2) is 41.3 Å². The molecule has 0 aliphatic carbocycles. The largest absolute Gasteiger partial charge is 0.394 e. The lowest BCUT2D eigenvalue weighted by atomic mass is 10.0. The van der Waals surface area contributed by atoms with E-state index in [2.05, 4.69) is 5.32 Å². The van der Waals surface area contributed by atoms with Crippen LogP contribution in [0.25, 0.3) is 0 Å². The van der Waals surface area contributed by atoms with Gasteiger partial charge in [-0.15, -0.1) is 0 Å². The van der Waals surface area contributed by atoms with Gasteiger partial charge in [-0.25, -0.2) is 0 Å². The smallest absolute Gasteiger partial charge is 0.326 e. The Hall–Kier alpha value is -1.12. The topological polar surface area (TPSA) is 76.4 Å². The number of aliphatic hydroxyl groups excluding tert-OH is 1. The second kappa shape index (κ2) is 3.09. The van der Waals surface area contributed by atoms with Crippen LogP contribution in [0.15, 0.2) is 0 Å². The Kier molecular flexibility index (Phi) is 2.31. The van der Waals surface area contributed by atoms with Crippen LogP contribution in [0.2, 0.25) is 0 Å². The second-order valence-electron chi connectivity index (χ2n) is 3.08. The molecule has 0 aromatic rings. The van der Waals surface area contributed by atoms with Gasteiger partial charge in [-0.3, -0.25) is 10.1 Å². The molecule has 0 radical (unpaired) electrons. The number of carbonyl (C=O) groups is 1. The highest BCUT2D eigenvalue weighted by molar-refractivity contribution is 5.92. The molecule has 0 spiro atoms. The fourth-order valence-electron chi connectivity index (χ4n) is 1.24. The third-order valence-electron chi connectivity index (χ3n) is 2.11. The van der Waals surface area contributed by atoms with Crippen molar-refractivity contribution in [1.82, 2.24) is 10.2 Å². The number of amides is 1. The van der Waals surface area contributed by atoms with Crippen LogP contribution in [0.3, 0.4) is 0 Å². The molecule has 5 heteroatoms. The highest BCUT2D eigenvalue weighted by Gasteiger charge is 2.38. The fraction of sp³-hybridized carbons (Fsp3) is 0.714. The number of hydrogen-bond acceptors (Lipinski definition) is 4. The van der Waals surface area contributed by atoms with Gasteiger partial charge in [-0.1, -0.05) is 0 Å². The van der Waals surface area contributed by atoms with Crippen molar-refractivity contribution < 1.29 is 9.90 Å². The van der Waals surface area contributed by atoms with Crippen molar-refractivity contribution >= 4 is 5.91 Å². The third kappa shape index (κ3) is 1.26. The zero-order chi connectivity index (χ0) is 9.19. The lowest BCUT2D eigenvalue weighted by Gasteiger charge is -2.29. The van der Waals surface area contributed by atoms with E-state index in [1.54, 1.807) is 6.92 Å². The van der Waals surface area contributed by atoms with E-state index in [-0.39, 0.29) is 6.61 Å². The minimum absolute atomic E-state index is 0.132. The first-order chi connectivity index (χ1) is 5.64. The van der Waals surface area contributed by atoms with Crippen LogP contribution in [0.5, 0.6) is 0 Å². The van der Waals surface area contributed by atoms with Crippen molar-refractivity contribution in [3.63, 3.8) is 0 Å². The lowest BCUT2D eigenvalue weighted by Crippen LogP contribution is -2.49. The predicted octanol–water partition coefficient (Wildman–Crippen LogP) is -1.35. The van der Waals surface area contributed by atoms with Crippen LogP contribution < -0.4 is 5.32 Å². The van der Waals surface area contributed by atoms with Crippen molar-refractivity contribution in [2.24, 2.45) is 0 Å². The molecule has 0 aromatic heterocycles. The first-order valence-corrected chi connectivity index (χ1v) is 3.67. The summed E-state index contributed by atoms with van der Waals surface area (Å²) in [7, 11) is 0. The SMILES string of the molecule is CC1(CO)CNCN1C(=O)C#N. The zero-order valence-electron chi connectivity index (χ0n) is 6.87. The summed E-state index contributed by atoms with van der Waals surface area (Å²) in [5.41, 5.74) is -0.618. The summed E-state index contributed by atoms with van der Waals surface area (Å²) < 4.78 is 0. The van der Waals surface area contributed by atoms with Crippen molar-refractivity contribution in [2.45, 2.75) is 12.5 Å². The maximum absolute atomic E-state index is 11.0. The van der Waals surface area contributed by atoms with Crippen LogP contribution in [0.1, 0.15) is 6.92 Å². The van der Waals surface area contributed by atoms with Crippen LogP contribution in [0.4, 0.5) is 0 Å². The van der Waals surface area contributed by atoms with E-state index < -0.39 is 11.4 Å². The molecular formula is C7H11N3O2. The van der Waals surface area contributed by atoms with Gasteiger partial charge in [0.1, 0.15) is 0 Å². The molecule has 1 unspecified atom stereocenters. The molecule has 1 atom stereocenters. The van der Waals surface area contributed by atoms with Gasteiger partial charge < -0.3 is 10.0 Å². The summed E-state index contributed by atoms with van der Waals surface area (Å²) in [5.74, 6) is -0.600. The maximum atomic E-state index is 11.0. The molecule has 2 N–H and O–H groups in total. The molecule has 0 saturated carbocycles. The molecule has 1 aliphatic rings. The van der Waals surface area contributed by atoms with E-state index in [0.29, 0.717) is 13.2 Å².